The van der Waals surface area contributed by atoms with E-state index in [1.165, 1.54) is 18.2 Å². The Kier molecular flexibility index (Phi) is 5.46. The predicted molar refractivity (Wildman–Crippen MR) is 78.4 cm³/mol. The molecule has 23 heavy (non-hydrogen) atoms. The SMILES string of the molecule is CCC1CN(C)CCN1C(=O)c1cccc(OCC(F)(F)F)n1. The van der Waals surface area contributed by atoms with Gasteiger partial charge in [0, 0.05) is 31.7 Å². The number of likely N-dealkylation sites (N-methyl/N-ethyl adjacent to an activating group) is 1. The molecule has 0 N–H and O–H groups in total. The van der Waals surface area contributed by atoms with Crippen molar-refractivity contribution in [3.8, 4) is 5.88 Å². The number of amides is 1. The fraction of sp³-hybridized carbons (Fsp3) is 0.600. The quantitative estimate of drug-likeness (QED) is 0.848. The summed E-state index contributed by atoms with van der Waals surface area (Å²) in [5.74, 6) is -0.474. The van der Waals surface area contributed by atoms with Gasteiger partial charge in [-0.3, -0.25) is 4.79 Å². The van der Waals surface area contributed by atoms with Crippen LogP contribution in [0.15, 0.2) is 18.2 Å². The number of halogens is 3. The van der Waals surface area contributed by atoms with Crippen LogP contribution in [0.2, 0.25) is 0 Å². The molecule has 0 aliphatic carbocycles. The molecule has 2 heterocycles. The second-order valence-electron chi connectivity index (χ2n) is 5.59. The highest BCUT2D eigenvalue weighted by Gasteiger charge is 2.30. The van der Waals surface area contributed by atoms with Crippen LogP contribution >= 0.6 is 0 Å². The molecule has 5 nitrogen and oxygen atoms in total. The van der Waals surface area contributed by atoms with Gasteiger partial charge in [-0.1, -0.05) is 13.0 Å². The number of piperazine rings is 1. The van der Waals surface area contributed by atoms with Crippen LogP contribution in [0, 0.1) is 0 Å². The molecule has 0 radical (unpaired) electrons. The van der Waals surface area contributed by atoms with Gasteiger partial charge < -0.3 is 14.5 Å². The third-order valence-electron chi connectivity index (χ3n) is 3.74. The van der Waals surface area contributed by atoms with Gasteiger partial charge in [0.25, 0.3) is 5.91 Å². The number of hydrogen-bond acceptors (Lipinski definition) is 4. The number of aromatic nitrogens is 1. The van der Waals surface area contributed by atoms with Crippen LogP contribution in [0.3, 0.4) is 0 Å². The first-order chi connectivity index (χ1) is 10.8. The lowest BCUT2D eigenvalue weighted by Crippen LogP contribution is -2.53. The van der Waals surface area contributed by atoms with Gasteiger partial charge >= 0.3 is 6.18 Å². The van der Waals surface area contributed by atoms with E-state index in [0.717, 1.165) is 19.5 Å². The Labute approximate surface area is 133 Å². The Morgan fingerprint density at radius 3 is 2.78 bits per heavy atom. The molecule has 0 spiro atoms. The highest BCUT2D eigenvalue weighted by Crippen LogP contribution is 2.19. The summed E-state index contributed by atoms with van der Waals surface area (Å²) in [6.07, 6.45) is -3.63. The van der Waals surface area contributed by atoms with Crippen LogP contribution in [0.25, 0.3) is 0 Å². The van der Waals surface area contributed by atoms with Crippen molar-refractivity contribution in [2.45, 2.75) is 25.6 Å². The predicted octanol–water partition coefficient (Wildman–Crippen LogP) is 2.19. The first kappa shape index (κ1) is 17.5. The van der Waals surface area contributed by atoms with Crippen LogP contribution in [0.4, 0.5) is 13.2 Å². The van der Waals surface area contributed by atoms with Crippen molar-refractivity contribution in [3.63, 3.8) is 0 Å². The molecule has 0 saturated carbocycles. The van der Waals surface area contributed by atoms with Gasteiger partial charge in [-0.15, -0.1) is 0 Å². The normalized spacial score (nSPS) is 19.7. The maximum Gasteiger partial charge on any atom is 0.422 e. The topological polar surface area (TPSA) is 45.7 Å². The van der Waals surface area contributed by atoms with E-state index in [4.69, 9.17) is 0 Å². The molecule has 1 unspecified atom stereocenters. The highest BCUT2D eigenvalue weighted by molar-refractivity contribution is 5.92. The maximum absolute atomic E-state index is 12.6. The Morgan fingerprint density at radius 1 is 1.39 bits per heavy atom. The number of ether oxygens (including phenoxy) is 1. The van der Waals surface area contributed by atoms with Gasteiger partial charge in [0.1, 0.15) is 5.69 Å². The van der Waals surface area contributed by atoms with E-state index in [2.05, 4.69) is 14.6 Å². The lowest BCUT2D eigenvalue weighted by atomic mass is 10.1. The summed E-state index contributed by atoms with van der Waals surface area (Å²) < 4.78 is 41.2. The summed E-state index contributed by atoms with van der Waals surface area (Å²) in [4.78, 5) is 20.4. The van der Waals surface area contributed by atoms with Crippen molar-refractivity contribution >= 4 is 5.91 Å². The van der Waals surface area contributed by atoms with E-state index in [1.54, 1.807) is 4.90 Å². The third-order valence-corrected chi connectivity index (χ3v) is 3.74. The van der Waals surface area contributed by atoms with Gasteiger partial charge in [0.2, 0.25) is 5.88 Å². The van der Waals surface area contributed by atoms with E-state index >= 15 is 0 Å². The highest BCUT2D eigenvalue weighted by atomic mass is 19.4. The maximum atomic E-state index is 12.6. The Hall–Kier alpha value is -1.83. The minimum Gasteiger partial charge on any atom is -0.468 e. The standard InChI is InChI=1S/C15H20F3N3O2/c1-3-11-9-20(2)7-8-21(11)14(22)12-5-4-6-13(19-12)23-10-15(16,17)18/h4-6,11H,3,7-10H2,1-2H3. The second kappa shape index (κ2) is 7.16. The van der Waals surface area contributed by atoms with E-state index in [0.29, 0.717) is 6.54 Å². The lowest BCUT2D eigenvalue weighted by molar-refractivity contribution is -0.154. The molecule has 1 aliphatic heterocycles. The molecule has 1 fully saturated rings. The molecule has 1 saturated heterocycles. The van der Waals surface area contributed by atoms with Gasteiger partial charge in [-0.05, 0) is 19.5 Å². The van der Waals surface area contributed by atoms with Crippen molar-refractivity contribution in [1.82, 2.24) is 14.8 Å². The molecule has 8 heteroatoms. The third kappa shape index (κ3) is 4.82. The molecular formula is C15H20F3N3O2. The fourth-order valence-electron chi connectivity index (χ4n) is 2.54. The van der Waals surface area contributed by atoms with E-state index in [9.17, 15) is 18.0 Å². The zero-order valence-electron chi connectivity index (χ0n) is 13.1. The number of nitrogens with zero attached hydrogens (tertiary/aromatic N) is 3. The number of carbonyl (C=O) groups excluding carboxylic acids is 1. The molecule has 1 aliphatic rings. The number of carbonyl (C=O) groups is 1. The monoisotopic (exact) mass is 331 g/mol. The number of pyridine rings is 1. The van der Waals surface area contributed by atoms with Gasteiger partial charge in [-0.2, -0.15) is 13.2 Å². The molecule has 1 amide bonds. The van der Waals surface area contributed by atoms with Crippen molar-refractivity contribution in [2.24, 2.45) is 0 Å². The van der Waals surface area contributed by atoms with E-state index in [1.807, 2.05) is 14.0 Å². The minimum absolute atomic E-state index is 0.0720. The minimum atomic E-state index is -4.44. The van der Waals surface area contributed by atoms with Crippen LogP contribution in [0.5, 0.6) is 5.88 Å². The van der Waals surface area contributed by atoms with Gasteiger partial charge in [0.15, 0.2) is 6.61 Å². The molecule has 1 aromatic heterocycles. The first-order valence-electron chi connectivity index (χ1n) is 7.46. The molecular weight excluding hydrogens is 311 g/mol. The molecule has 1 aromatic rings. The zero-order valence-corrected chi connectivity index (χ0v) is 13.1. The Balaban J connectivity index is 2.10. The van der Waals surface area contributed by atoms with Crippen molar-refractivity contribution < 1.29 is 22.7 Å². The summed E-state index contributed by atoms with van der Waals surface area (Å²) in [6.45, 7) is 2.67. The number of rotatable bonds is 4. The Morgan fingerprint density at radius 2 is 2.13 bits per heavy atom. The van der Waals surface area contributed by atoms with Gasteiger partial charge in [-0.25, -0.2) is 4.98 Å². The van der Waals surface area contributed by atoms with Crippen LogP contribution in [-0.2, 0) is 0 Å². The van der Waals surface area contributed by atoms with Gasteiger partial charge in [0.05, 0.1) is 0 Å². The first-order valence-corrected chi connectivity index (χ1v) is 7.46. The van der Waals surface area contributed by atoms with E-state index < -0.39 is 12.8 Å². The number of hydrogen-bond donors (Lipinski definition) is 0. The van der Waals surface area contributed by atoms with Crippen molar-refractivity contribution in [1.29, 1.82) is 0 Å². The summed E-state index contributed by atoms with van der Waals surface area (Å²) in [5, 5.41) is 0. The van der Waals surface area contributed by atoms with Crippen LogP contribution in [-0.4, -0.2) is 66.2 Å². The Bertz CT molecular complexity index is 551. The second-order valence-corrected chi connectivity index (χ2v) is 5.59. The largest absolute Gasteiger partial charge is 0.468 e. The molecule has 0 bridgehead atoms. The molecule has 1 atom stereocenters. The molecule has 2 rings (SSSR count). The molecule has 128 valence electrons. The summed E-state index contributed by atoms with van der Waals surface area (Å²) >= 11 is 0. The smallest absolute Gasteiger partial charge is 0.422 e. The van der Waals surface area contributed by atoms with Crippen LogP contribution in [0.1, 0.15) is 23.8 Å². The lowest BCUT2D eigenvalue weighted by Gasteiger charge is -2.39. The number of alkyl halides is 3. The van der Waals surface area contributed by atoms with E-state index in [-0.39, 0.29) is 23.5 Å². The summed E-state index contributed by atoms with van der Waals surface area (Å²) in [5.41, 5.74) is 0.104. The molecule has 0 aromatic carbocycles. The summed E-state index contributed by atoms with van der Waals surface area (Å²) in [6, 6.07) is 4.35. The zero-order chi connectivity index (χ0) is 17.0. The average Bonchev–Trinajstić information content (AvgIpc) is 2.51. The summed E-state index contributed by atoms with van der Waals surface area (Å²) in [7, 11) is 1.99. The fourth-order valence-corrected chi connectivity index (χ4v) is 2.54. The van der Waals surface area contributed by atoms with Crippen molar-refractivity contribution in [3.05, 3.63) is 23.9 Å². The van der Waals surface area contributed by atoms with Crippen LogP contribution < -0.4 is 4.74 Å². The average molecular weight is 331 g/mol. The van der Waals surface area contributed by atoms with Crippen molar-refractivity contribution in [2.75, 3.05) is 33.3 Å².